The standard InChI is InChI=1S/C16H24N2O15P2/c1-6-4-18(16(24)17-14(6)23)10-3-8(19)9(31-10)5-29-34(25,26)33-35(27,28)32-15-13(22)12(21)11(20)7(2)30-15/h4,7-10,12-13,15,19,21-22H,3,5H2,1-2H3,(H,25,26)(H,27,28)(H,17,23,24)/t7-,8+,9-,10-,12+,13-,15+/m1/s1. The molecule has 1 aromatic rings. The van der Waals surface area contributed by atoms with E-state index in [9.17, 15) is 48.6 Å². The number of aromatic nitrogens is 2. The van der Waals surface area contributed by atoms with Crippen LogP contribution in [0.3, 0.4) is 0 Å². The van der Waals surface area contributed by atoms with Crippen molar-refractivity contribution in [1.29, 1.82) is 0 Å². The molecule has 3 rings (SSSR count). The SMILES string of the molecule is Cc1cn([C@H]2C[C@H](O)[C@@H](COP(=O)(O)OP(=O)(O)O[C@@H]3O[C@H](C)C(=O)[C@H](O)[C@H]3O)O2)c(=O)[nH]c1=O. The molecule has 0 amide bonds. The van der Waals surface area contributed by atoms with Crippen molar-refractivity contribution in [2.75, 3.05) is 6.61 Å². The quantitative estimate of drug-likeness (QED) is 0.189. The van der Waals surface area contributed by atoms with E-state index in [2.05, 4.69) is 18.3 Å². The number of nitrogens with zero attached hydrogens (tertiary/aromatic N) is 1. The summed E-state index contributed by atoms with van der Waals surface area (Å²) >= 11 is 0. The number of nitrogens with one attached hydrogen (secondary N) is 1. The van der Waals surface area contributed by atoms with Gasteiger partial charge in [-0.05, 0) is 13.8 Å². The Morgan fingerprint density at radius 2 is 1.80 bits per heavy atom. The Labute approximate surface area is 196 Å². The van der Waals surface area contributed by atoms with Crippen LogP contribution in [-0.2, 0) is 36.8 Å². The number of aliphatic hydroxyl groups excluding tert-OH is 3. The molecule has 19 heteroatoms. The van der Waals surface area contributed by atoms with E-state index in [4.69, 9.17) is 9.47 Å². The average Bonchev–Trinajstić information content (AvgIpc) is 3.11. The highest BCUT2D eigenvalue weighted by molar-refractivity contribution is 7.61. The maximum Gasteiger partial charge on any atom is 0.483 e. The molecular formula is C16H24N2O15P2. The molecule has 0 aromatic carbocycles. The van der Waals surface area contributed by atoms with Crippen molar-refractivity contribution >= 4 is 21.4 Å². The number of ketones is 1. The van der Waals surface area contributed by atoms with E-state index in [1.807, 2.05) is 0 Å². The highest BCUT2D eigenvalue weighted by Crippen LogP contribution is 2.61. The molecule has 2 fully saturated rings. The molecule has 1 aromatic heterocycles. The largest absolute Gasteiger partial charge is 0.483 e. The minimum atomic E-state index is -5.47. The van der Waals surface area contributed by atoms with Gasteiger partial charge < -0.3 is 34.6 Å². The van der Waals surface area contributed by atoms with Crippen LogP contribution in [0.1, 0.15) is 25.1 Å². The molecule has 0 aliphatic carbocycles. The van der Waals surface area contributed by atoms with E-state index in [0.29, 0.717) is 0 Å². The molecule has 0 saturated carbocycles. The van der Waals surface area contributed by atoms with Crippen molar-refractivity contribution < 1.29 is 61.9 Å². The summed E-state index contributed by atoms with van der Waals surface area (Å²) in [7, 11) is -10.8. The Kier molecular flexibility index (Phi) is 8.33. The number of aromatic amines is 1. The third kappa shape index (κ3) is 6.60. The van der Waals surface area contributed by atoms with Crippen molar-refractivity contribution in [2.45, 2.75) is 63.3 Å². The van der Waals surface area contributed by atoms with Gasteiger partial charge in [-0.15, -0.1) is 0 Å². The van der Waals surface area contributed by atoms with Crippen LogP contribution in [0.4, 0.5) is 0 Å². The predicted molar refractivity (Wildman–Crippen MR) is 110 cm³/mol. The molecule has 0 spiro atoms. The van der Waals surface area contributed by atoms with Crippen LogP contribution in [0.15, 0.2) is 15.8 Å². The lowest BCUT2D eigenvalue weighted by atomic mass is 10.0. The number of aryl methyl sites for hydroxylation is 1. The molecular weight excluding hydrogens is 522 g/mol. The number of hydrogen-bond acceptors (Lipinski definition) is 13. The monoisotopic (exact) mass is 546 g/mol. The zero-order valence-electron chi connectivity index (χ0n) is 18.2. The maximum absolute atomic E-state index is 12.1. The van der Waals surface area contributed by atoms with Crippen LogP contribution < -0.4 is 11.2 Å². The number of carbonyl (C=O) groups is 1. The predicted octanol–water partition coefficient (Wildman–Crippen LogP) is -2.22. The molecule has 17 nitrogen and oxygen atoms in total. The molecule has 3 heterocycles. The number of phosphoric ester groups is 2. The molecule has 2 unspecified atom stereocenters. The van der Waals surface area contributed by atoms with Crippen LogP contribution in [0.2, 0.25) is 0 Å². The first-order chi connectivity index (χ1) is 16.1. The minimum Gasteiger partial charge on any atom is -0.390 e. The normalized spacial score (nSPS) is 34.9. The van der Waals surface area contributed by atoms with E-state index in [1.54, 1.807) is 0 Å². The molecule has 35 heavy (non-hydrogen) atoms. The fraction of sp³-hybridized carbons (Fsp3) is 0.688. The van der Waals surface area contributed by atoms with Crippen LogP contribution in [0.25, 0.3) is 0 Å². The fourth-order valence-corrected chi connectivity index (χ4v) is 5.46. The lowest BCUT2D eigenvalue weighted by Crippen LogP contribution is -2.54. The Balaban J connectivity index is 1.59. The van der Waals surface area contributed by atoms with Gasteiger partial charge >= 0.3 is 21.3 Å². The van der Waals surface area contributed by atoms with E-state index in [-0.39, 0.29) is 12.0 Å². The van der Waals surface area contributed by atoms with Crippen LogP contribution in [0.5, 0.6) is 0 Å². The molecule has 0 radical (unpaired) electrons. The second-order valence-corrected chi connectivity index (χ2v) is 10.8. The number of Topliss-reactive ketones (excluding diaryl/α,β-unsaturated/α-hetero) is 1. The van der Waals surface area contributed by atoms with Gasteiger partial charge in [0.1, 0.15) is 30.6 Å². The van der Waals surface area contributed by atoms with Crippen LogP contribution in [0, 0.1) is 6.92 Å². The van der Waals surface area contributed by atoms with E-state index >= 15 is 0 Å². The van der Waals surface area contributed by atoms with Crippen molar-refractivity contribution in [1.82, 2.24) is 9.55 Å². The second-order valence-electron chi connectivity index (χ2n) is 7.82. The van der Waals surface area contributed by atoms with Gasteiger partial charge in [0.25, 0.3) is 5.56 Å². The lowest BCUT2D eigenvalue weighted by Gasteiger charge is -2.34. The van der Waals surface area contributed by atoms with Crippen LogP contribution >= 0.6 is 15.6 Å². The summed E-state index contributed by atoms with van der Waals surface area (Å²) in [6.07, 6.45) is -10.1. The van der Waals surface area contributed by atoms with Gasteiger partial charge in [-0.25, -0.2) is 13.9 Å². The minimum absolute atomic E-state index is 0.159. The molecule has 2 saturated heterocycles. The van der Waals surface area contributed by atoms with Gasteiger partial charge in [0.2, 0.25) is 0 Å². The van der Waals surface area contributed by atoms with Crippen molar-refractivity contribution in [3.05, 3.63) is 32.6 Å². The van der Waals surface area contributed by atoms with E-state index in [0.717, 1.165) is 4.57 Å². The topological polar surface area (TPSA) is 253 Å². The number of phosphoric acid groups is 2. The Morgan fingerprint density at radius 1 is 1.14 bits per heavy atom. The van der Waals surface area contributed by atoms with Gasteiger partial charge in [-0.2, -0.15) is 4.31 Å². The van der Waals surface area contributed by atoms with Crippen molar-refractivity contribution in [3.8, 4) is 0 Å². The third-order valence-electron chi connectivity index (χ3n) is 5.14. The van der Waals surface area contributed by atoms with Crippen LogP contribution in [-0.4, -0.2) is 83.9 Å². The highest BCUT2D eigenvalue weighted by atomic mass is 31.3. The molecule has 198 valence electrons. The Hall–Kier alpha value is -1.59. The summed E-state index contributed by atoms with van der Waals surface area (Å²) in [6.45, 7) is 1.76. The van der Waals surface area contributed by atoms with Crippen molar-refractivity contribution in [3.63, 3.8) is 0 Å². The summed E-state index contributed by atoms with van der Waals surface area (Å²) in [4.78, 5) is 56.7. The summed E-state index contributed by atoms with van der Waals surface area (Å²) in [5, 5.41) is 29.5. The summed E-state index contributed by atoms with van der Waals surface area (Å²) in [5.41, 5.74) is -1.24. The van der Waals surface area contributed by atoms with Gasteiger partial charge in [0.15, 0.2) is 12.1 Å². The third-order valence-corrected chi connectivity index (χ3v) is 7.74. The smallest absolute Gasteiger partial charge is 0.390 e. The maximum atomic E-state index is 12.1. The van der Waals surface area contributed by atoms with Gasteiger partial charge in [-0.1, -0.05) is 0 Å². The Morgan fingerprint density at radius 3 is 2.46 bits per heavy atom. The number of ether oxygens (including phenoxy) is 2. The van der Waals surface area contributed by atoms with E-state index in [1.165, 1.54) is 20.0 Å². The van der Waals surface area contributed by atoms with Gasteiger partial charge in [-0.3, -0.25) is 28.2 Å². The zero-order chi connectivity index (χ0) is 26.3. The fourth-order valence-electron chi connectivity index (χ4n) is 3.30. The Bertz CT molecular complexity index is 1170. The van der Waals surface area contributed by atoms with Crippen molar-refractivity contribution in [2.24, 2.45) is 0 Å². The molecule has 2 aliphatic rings. The average molecular weight is 546 g/mol. The summed E-state index contributed by atoms with van der Waals surface area (Å²) in [6, 6.07) is 0. The van der Waals surface area contributed by atoms with Gasteiger partial charge in [0, 0.05) is 18.2 Å². The first-order valence-electron chi connectivity index (χ1n) is 10.0. The number of carbonyl (C=O) groups excluding carboxylic acids is 1. The van der Waals surface area contributed by atoms with Gasteiger partial charge in [0.05, 0.1) is 12.7 Å². The zero-order valence-corrected chi connectivity index (χ0v) is 20.0. The lowest BCUT2D eigenvalue weighted by molar-refractivity contribution is -0.226. The number of rotatable bonds is 8. The van der Waals surface area contributed by atoms with E-state index < -0.39 is 82.3 Å². The molecule has 2 aliphatic heterocycles. The highest BCUT2D eigenvalue weighted by Gasteiger charge is 2.47. The first-order valence-corrected chi connectivity index (χ1v) is 13.0. The number of H-pyrrole nitrogens is 1. The number of aliphatic hydroxyl groups is 3. The summed E-state index contributed by atoms with van der Waals surface area (Å²) < 4.78 is 48.7. The molecule has 0 bridgehead atoms. The summed E-state index contributed by atoms with van der Waals surface area (Å²) in [5.74, 6) is -0.921. The molecule has 9 atom stereocenters. The second kappa shape index (κ2) is 10.4. The first kappa shape index (κ1) is 28.0. The molecule has 6 N–H and O–H groups in total. The number of hydrogen-bond donors (Lipinski definition) is 6.